The molecule has 100 valence electrons. The van der Waals surface area contributed by atoms with E-state index in [0.29, 0.717) is 12.3 Å². The van der Waals surface area contributed by atoms with Crippen LogP contribution in [-0.2, 0) is 11.2 Å². The van der Waals surface area contributed by atoms with Crippen LogP contribution in [0.1, 0.15) is 51.2 Å². The van der Waals surface area contributed by atoms with Crippen molar-refractivity contribution in [1.29, 1.82) is 0 Å². The van der Waals surface area contributed by atoms with E-state index < -0.39 is 0 Å². The largest absolute Gasteiger partial charge is 0.496 e. The molecule has 0 amide bonds. The maximum Gasteiger partial charge on any atom is 0.140 e. The van der Waals surface area contributed by atoms with Crippen LogP contribution >= 0.6 is 0 Å². The lowest BCUT2D eigenvalue weighted by Crippen LogP contribution is -2.18. The van der Waals surface area contributed by atoms with Crippen LogP contribution in [0.2, 0.25) is 0 Å². The molecule has 0 heterocycles. The maximum absolute atomic E-state index is 12.2. The summed E-state index contributed by atoms with van der Waals surface area (Å²) in [6.07, 6.45) is 1.55. The molecule has 0 radical (unpaired) electrons. The van der Waals surface area contributed by atoms with Crippen LogP contribution in [0.5, 0.6) is 5.75 Å². The first-order chi connectivity index (χ1) is 8.54. The van der Waals surface area contributed by atoms with E-state index >= 15 is 0 Å². The van der Waals surface area contributed by atoms with Gasteiger partial charge in [-0.3, -0.25) is 4.79 Å². The summed E-state index contributed by atoms with van der Waals surface area (Å²) in [4.78, 5) is 12.2. The van der Waals surface area contributed by atoms with E-state index in [1.165, 1.54) is 5.56 Å². The van der Waals surface area contributed by atoms with E-state index in [-0.39, 0.29) is 11.7 Å². The van der Waals surface area contributed by atoms with E-state index in [2.05, 4.69) is 32.9 Å². The van der Waals surface area contributed by atoms with Gasteiger partial charge in [0.2, 0.25) is 0 Å². The Bertz CT molecular complexity index is 408. The second kappa shape index (κ2) is 6.58. The zero-order valence-electron chi connectivity index (χ0n) is 12.1. The molecule has 1 aromatic rings. The van der Waals surface area contributed by atoms with Gasteiger partial charge in [0, 0.05) is 17.9 Å². The molecule has 1 rings (SSSR count). The predicted octanol–water partition coefficient (Wildman–Crippen LogP) is 3.98. The molecule has 0 bridgehead atoms. The number of carbonyl (C=O) groups excluding carboxylic acids is 1. The fourth-order valence-electron chi connectivity index (χ4n) is 2.37. The van der Waals surface area contributed by atoms with Crippen molar-refractivity contribution in [3.8, 4) is 5.75 Å². The average molecular weight is 248 g/mol. The highest BCUT2D eigenvalue weighted by molar-refractivity contribution is 5.86. The summed E-state index contributed by atoms with van der Waals surface area (Å²) in [6.45, 7) is 8.23. The highest BCUT2D eigenvalue weighted by Crippen LogP contribution is 2.34. The third kappa shape index (κ3) is 3.12. The molecule has 18 heavy (non-hydrogen) atoms. The second-order valence-electron chi connectivity index (χ2n) is 4.97. The summed E-state index contributed by atoms with van der Waals surface area (Å²) in [5.41, 5.74) is 2.29. The van der Waals surface area contributed by atoms with Gasteiger partial charge >= 0.3 is 0 Å². The van der Waals surface area contributed by atoms with Crippen LogP contribution in [0.15, 0.2) is 18.2 Å². The van der Waals surface area contributed by atoms with E-state index in [4.69, 9.17) is 4.74 Å². The third-order valence-electron chi connectivity index (χ3n) is 3.40. The van der Waals surface area contributed by atoms with Gasteiger partial charge in [-0.25, -0.2) is 0 Å². The molecular weight excluding hydrogens is 224 g/mol. The van der Waals surface area contributed by atoms with Gasteiger partial charge < -0.3 is 4.74 Å². The third-order valence-corrected chi connectivity index (χ3v) is 3.40. The zero-order valence-corrected chi connectivity index (χ0v) is 12.1. The molecule has 0 saturated heterocycles. The average Bonchev–Trinajstić information content (AvgIpc) is 2.38. The van der Waals surface area contributed by atoms with Gasteiger partial charge in [0.05, 0.1) is 7.11 Å². The van der Waals surface area contributed by atoms with Crippen molar-refractivity contribution < 1.29 is 9.53 Å². The molecule has 1 aromatic carbocycles. The molecule has 0 spiro atoms. The first-order valence-corrected chi connectivity index (χ1v) is 6.74. The molecule has 2 nitrogen and oxygen atoms in total. The monoisotopic (exact) mass is 248 g/mol. The highest BCUT2D eigenvalue weighted by Gasteiger charge is 2.25. The zero-order chi connectivity index (χ0) is 13.7. The minimum atomic E-state index is -0.0588. The summed E-state index contributed by atoms with van der Waals surface area (Å²) in [5, 5.41) is 0. The van der Waals surface area contributed by atoms with Gasteiger partial charge in [0.25, 0.3) is 0 Å². The van der Waals surface area contributed by atoms with Gasteiger partial charge in [-0.2, -0.15) is 0 Å². The number of carbonyl (C=O) groups is 1. The first kappa shape index (κ1) is 14.7. The van der Waals surface area contributed by atoms with Crippen LogP contribution in [0.25, 0.3) is 0 Å². The van der Waals surface area contributed by atoms with E-state index in [9.17, 15) is 4.79 Å². The van der Waals surface area contributed by atoms with Crippen molar-refractivity contribution in [2.24, 2.45) is 5.92 Å². The number of benzene rings is 1. The minimum absolute atomic E-state index is 0.0588. The maximum atomic E-state index is 12.2. The number of methoxy groups -OCH3 is 1. The number of hydrogen-bond acceptors (Lipinski definition) is 2. The Kier molecular flexibility index (Phi) is 5.39. The number of rotatable bonds is 6. The Morgan fingerprint density at radius 2 is 1.94 bits per heavy atom. The van der Waals surface area contributed by atoms with Crippen LogP contribution in [0.4, 0.5) is 0 Å². The predicted molar refractivity (Wildman–Crippen MR) is 75.2 cm³/mol. The Labute approximate surface area is 110 Å². The summed E-state index contributed by atoms with van der Waals surface area (Å²) < 4.78 is 5.42. The Morgan fingerprint density at radius 3 is 2.39 bits per heavy atom. The molecule has 0 fully saturated rings. The number of hydrogen-bond donors (Lipinski definition) is 0. The summed E-state index contributed by atoms with van der Waals surface area (Å²) in [5.74, 6) is 1.35. The van der Waals surface area contributed by atoms with Gasteiger partial charge in [0.1, 0.15) is 11.5 Å². The van der Waals surface area contributed by atoms with Crippen LogP contribution in [0, 0.1) is 5.92 Å². The van der Waals surface area contributed by atoms with E-state index in [1.54, 1.807) is 7.11 Å². The standard InChI is InChI=1S/C16H24O2/c1-6-12-8-9-15(18-5)13(10-12)16(11(3)4)14(17)7-2/h8-11,16H,6-7H2,1-5H3. The molecule has 0 saturated carbocycles. The SMILES string of the molecule is CCC(=O)C(c1cc(CC)ccc1OC)C(C)C. The Hall–Kier alpha value is -1.31. The molecule has 2 heteroatoms. The molecule has 0 aromatic heterocycles. The normalized spacial score (nSPS) is 12.6. The molecule has 1 atom stereocenters. The van der Waals surface area contributed by atoms with Crippen LogP contribution < -0.4 is 4.74 Å². The van der Waals surface area contributed by atoms with Gasteiger partial charge in [0.15, 0.2) is 0 Å². The van der Waals surface area contributed by atoms with E-state index in [0.717, 1.165) is 17.7 Å². The molecule has 0 aliphatic carbocycles. The van der Waals surface area contributed by atoms with Gasteiger partial charge in [-0.05, 0) is 24.0 Å². The fraction of sp³-hybridized carbons (Fsp3) is 0.562. The first-order valence-electron chi connectivity index (χ1n) is 6.74. The van der Waals surface area contributed by atoms with Gasteiger partial charge in [-0.15, -0.1) is 0 Å². The van der Waals surface area contributed by atoms with Crippen molar-refractivity contribution in [2.75, 3.05) is 7.11 Å². The summed E-state index contributed by atoms with van der Waals surface area (Å²) in [7, 11) is 1.66. The second-order valence-corrected chi connectivity index (χ2v) is 4.97. The van der Waals surface area contributed by atoms with E-state index in [1.807, 2.05) is 13.0 Å². The van der Waals surface area contributed by atoms with Crippen molar-refractivity contribution in [3.63, 3.8) is 0 Å². The molecule has 0 N–H and O–H groups in total. The Morgan fingerprint density at radius 1 is 1.28 bits per heavy atom. The lowest BCUT2D eigenvalue weighted by molar-refractivity contribution is -0.121. The molecule has 0 aliphatic rings. The molecule has 1 unspecified atom stereocenters. The molecular formula is C16H24O2. The Balaban J connectivity index is 3.28. The summed E-state index contributed by atoms with van der Waals surface area (Å²) in [6, 6.07) is 6.17. The van der Waals surface area contributed by atoms with Crippen molar-refractivity contribution in [3.05, 3.63) is 29.3 Å². The quantitative estimate of drug-likeness (QED) is 0.761. The summed E-state index contributed by atoms with van der Waals surface area (Å²) >= 11 is 0. The lowest BCUT2D eigenvalue weighted by atomic mass is 9.82. The smallest absolute Gasteiger partial charge is 0.140 e. The van der Waals surface area contributed by atoms with Crippen LogP contribution in [0.3, 0.4) is 0 Å². The van der Waals surface area contributed by atoms with Crippen molar-refractivity contribution in [1.82, 2.24) is 0 Å². The lowest BCUT2D eigenvalue weighted by Gasteiger charge is -2.22. The number of ketones is 1. The van der Waals surface area contributed by atoms with Crippen LogP contribution in [-0.4, -0.2) is 12.9 Å². The minimum Gasteiger partial charge on any atom is -0.496 e. The number of Topliss-reactive ketones (excluding diaryl/α,β-unsaturated/α-hetero) is 1. The van der Waals surface area contributed by atoms with Gasteiger partial charge in [-0.1, -0.05) is 39.8 Å². The van der Waals surface area contributed by atoms with Crippen molar-refractivity contribution >= 4 is 5.78 Å². The highest BCUT2D eigenvalue weighted by atomic mass is 16.5. The molecule has 0 aliphatic heterocycles. The fourth-order valence-corrected chi connectivity index (χ4v) is 2.37. The number of aryl methyl sites for hydroxylation is 1. The topological polar surface area (TPSA) is 26.3 Å². The van der Waals surface area contributed by atoms with Crippen molar-refractivity contribution in [2.45, 2.75) is 46.5 Å². The number of ether oxygens (including phenoxy) is 1.